The van der Waals surface area contributed by atoms with E-state index in [4.69, 9.17) is 4.99 Å². The second-order valence-corrected chi connectivity index (χ2v) is 6.37. The van der Waals surface area contributed by atoms with Crippen molar-refractivity contribution in [1.82, 2.24) is 0 Å². The van der Waals surface area contributed by atoms with Gasteiger partial charge in [-0.1, -0.05) is 60.7 Å². The highest BCUT2D eigenvalue weighted by molar-refractivity contribution is 6.15. The molecule has 0 saturated carbocycles. The fraction of sp³-hybridized carbons (Fsp3) is 0.0870. The average Bonchev–Trinajstić information content (AvgIpc) is 2.83. The molecule has 0 atom stereocenters. The van der Waals surface area contributed by atoms with Crippen molar-refractivity contribution < 1.29 is 0 Å². The maximum atomic E-state index is 4.96. The highest BCUT2D eigenvalue weighted by Crippen LogP contribution is 2.34. The lowest BCUT2D eigenvalue weighted by atomic mass is 10.1. The highest BCUT2D eigenvalue weighted by atomic mass is 14.9. The molecular weight excluding hydrogens is 304 g/mol. The minimum absolute atomic E-state index is 0.967. The van der Waals surface area contributed by atoms with Crippen molar-refractivity contribution in [1.29, 1.82) is 0 Å². The van der Waals surface area contributed by atoms with Crippen LogP contribution >= 0.6 is 0 Å². The number of hydrogen-bond donors (Lipinski definition) is 1. The molecule has 1 heterocycles. The number of aliphatic imine (C=N–C) groups is 1. The van der Waals surface area contributed by atoms with E-state index >= 15 is 0 Å². The van der Waals surface area contributed by atoms with E-state index in [1.807, 2.05) is 24.3 Å². The third kappa shape index (κ3) is 3.11. The number of nitrogens with zero attached hydrogens (tertiary/aromatic N) is 1. The lowest BCUT2D eigenvalue weighted by Gasteiger charge is -2.13. The molecule has 1 aliphatic rings. The maximum Gasteiger partial charge on any atom is 0.0874 e. The van der Waals surface area contributed by atoms with Crippen molar-refractivity contribution in [3.8, 4) is 0 Å². The van der Waals surface area contributed by atoms with Crippen molar-refractivity contribution in [2.75, 3.05) is 5.32 Å². The summed E-state index contributed by atoms with van der Waals surface area (Å²) in [6.45, 7) is 4.26. The zero-order valence-corrected chi connectivity index (χ0v) is 14.5. The zero-order valence-electron chi connectivity index (χ0n) is 14.5. The van der Waals surface area contributed by atoms with Gasteiger partial charge in [0, 0.05) is 11.3 Å². The first-order valence-electron chi connectivity index (χ1n) is 8.50. The monoisotopic (exact) mass is 324 g/mol. The molecule has 0 bridgehead atoms. The van der Waals surface area contributed by atoms with Gasteiger partial charge in [-0.3, -0.25) is 0 Å². The molecule has 0 aliphatic carbocycles. The Bertz CT molecular complexity index is 968. The fourth-order valence-corrected chi connectivity index (χ4v) is 3.00. The van der Waals surface area contributed by atoms with Gasteiger partial charge in [0.2, 0.25) is 0 Å². The van der Waals surface area contributed by atoms with Crippen molar-refractivity contribution in [3.05, 3.63) is 101 Å². The molecule has 0 saturated heterocycles. The Hall–Kier alpha value is -3.13. The van der Waals surface area contributed by atoms with Crippen LogP contribution in [-0.2, 0) is 0 Å². The van der Waals surface area contributed by atoms with Gasteiger partial charge in [-0.2, -0.15) is 0 Å². The Morgan fingerprint density at radius 1 is 0.720 bits per heavy atom. The van der Waals surface area contributed by atoms with Gasteiger partial charge in [0.1, 0.15) is 0 Å². The van der Waals surface area contributed by atoms with Gasteiger partial charge in [0.25, 0.3) is 0 Å². The number of rotatable bonds is 2. The van der Waals surface area contributed by atoms with Crippen LogP contribution in [0.4, 0.5) is 11.4 Å². The summed E-state index contributed by atoms with van der Waals surface area (Å²) in [5.41, 5.74) is 8.82. The molecule has 1 N–H and O–H groups in total. The first-order chi connectivity index (χ1) is 12.2. The molecule has 122 valence electrons. The molecule has 0 radical (unpaired) electrons. The number of fused-ring (bicyclic) bond motifs is 1. The maximum absolute atomic E-state index is 4.96. The SMILES string of the molecule is Cc1cc2c(cc1C)NC(c1ccccc1)=CC(c1ccccc1)=N2. The fourth-order valence-electron chi connectivity index (χ4n) is 3.00. The van der Waals surface area contributed by atoms with Crippen LogP contribution in [0.5, 0.6) is 0 Å². The minimum Gasteiger partial charge on any atom is -0.353 e. The van der Waals surface area contributed by atoms with Crippen LogP contribution < -0.4 is 5.32 Å². The van der Waals surface area contributed by atoms with Gasteiger partial charge in [0.05, 0.1) is 17.1 Å². The second-order valence-electron chi connectivity index (χ2n) is 6.37. The Kier molecular flexibility index (Phi) is 3.95. The van der Waals surface area contributed by atoms with Crippen LogP contribution in [0.3, 0.4) is 0 Å². The van der Waals surface area contributed by atoms with Gasteiger partial charge < -0.3 is 5.32 Å². The van der Waals surface area contributed by atoms with E-state index < -0.39 is 0 Å². The predicted octanol–water partition coefficient (Wildman–Crippen LogP) is 5.89. The Morgan fingerprint density at radius 3 is 2.00 bits per heavy atom. The third-order valence-corrected chi connectivity index (χ3v) is 4.56. The topological polar surface area (TPSA) is 24.4 Å². The molecule has 2 nitrogen and oxygen atoms in total. The molecule has 3 aromatic carbocycles. The van der Waals surface area contributed by atoms with E-state index in [-0.39, 0.29) is 0 Å². The number of aryl methyl sites for hydroxylation is 2. The molecule has 1 aliphatic heterocycles. The van der Waals surface area contributed by atoms with Gasteiger partial charge >= 0.3 is 0 Å². The lowest BCUT2D eigenvalue weighted by molar-refractivity contribution is 1.32. The summed E-state index contributed by atoms with van der Waals surface area (Å²) in [4.78, 5) is 4.96. The van der Waals surface area contributed by atoms with E-state index in [0.29, 0.717) is 0 Å². The summed E-state index contributed by atoms with van der Waals surface area (Å²) in [7, 11) is 0. The van der Waals surface area contributed by atoms with Gasteiger partial charge in [-0.25, -0.2) is 4.99 Å². The molecule has 0 aromatic heterocycles. The summed E-state index contributed by atoms with van der Waals surface area (Å²) in [6.07, 6.45) is 2.13. The van der Waals surface area contributed by atoms with E-state index in [1.54, 1.807) is 0 Å². The van der Waals surface area contributed by atoms with Crippen LogP contribution in [0.2, 0.25) is 0 Å². The summed E-state index contributed by atoms with van der Waals surface area (Å²) >= 11 is 0. The van der Waals surface area contributed by atoms with E-state index in [1.165, 1.54) is 11.1 Å². The molecule has 0 amide bonds. The van der Waals surface area contributed by atoms with E-state index in [0.717, 1.165) is 33.9 Å². The van der Waals surface area contributed by atoms with Crippen molar-refractivity contribution in [2.45, 2.75) is 13.8 Å². The first-order valence-corrected chi connectivity index (χ1v) is 8.50. The van der Waals surface area contributed by atoms with Crippen LogP contribution in [0.15, 0.2) is 83.9 Å². The Morgan fingerprint density at radius 2 is 1.32 bits per heavy atom. The van der Waals surface area contributed by atoms with Gasteiger partial charge in [-0.15, -0.1) is 0 Å². The lowest BCUT2D eigenvalue weighted by Crippen LogP contribution is -2.01. The third-order valence-electron chi connectivity index (χ3n) is 4.56. The summed E-state index contributed by atoms with van der Waals surface area (Å²) in [5, 5.41) is 3.59. The van der Waals surface area contributed by atoms with Crippen LogP contribution in [0, 0.1) is 13.8 Å². The van der Waals surface area contributed by atoms with Crippen molar-refractivity contribution in [3.63, 3.8) is 0 Å². The smallest absolute Gasteiger partial charge is 0.0874 e. The molecule has 0 fully saturated rings. The second kappa shape index (κ2) is 6.40. The number of benzene rings is 3. The highest BCUT2D eigenvalue weighted by Gasteiger charge is 2.14. The largest absolute Gasteiger partial charge is 0.353 e. The summed E-state index contributed by atoms with van der Waals surface area (Å²) < 4.78 is 0. The summed E-state index contributed by atoms with van der Waals surface area (Å²) in [6, 6.07) is 25.1. The number of hydrogen-bond acceptors (Lipinski definition) is 2. The summed E-state index contributed by atoms with van der Waals surface area (Å²) in [5.74, 6) is 0. The number of anilines is 1. The van der Waals surface area contributed by atoms with E-state index in [2.05, 4.69) is 73.8 Å². The van der Waals surface area contributed by atoms with E-state index in [9.17, 15) is 0 Å². The Labute approximate surface area is 148 Å². The molecular formula is C23H20N2. The standard InChI is InChI=1S/C23H20N2/c1-16-13-22-23(14-17(16)2)25-21(19-11-7-4-8-12-19)15-20(24-22)18-9-5-3-6-10-18/h3-15,24H,1-2H3. The molecule has 0 spiro atoms. The predicted molar refractivity (Wildman–Crippen MR) is 107 cm³/mol. The van der Waals surface area contributed by atoms with Crippen molar-refractivity contribution in [2.24, 2.45) is 4.99 Å². The van der Waals surface area contributed by atoms with Crippen molar-refractivity contribution >= 4 is 22.8 Å². The van der Waals surface area contributed by atoms with Gasteiger partial charge in [-0.05, 0) is 48.7 Å². The van der Waals surface area contributed by atoms with Gasteiger partial charge in [0.15, 0.2) is 0 Å². The average molecular weight is 324 g/mol. The first kappa shape index (κ1) is 15.4. The normalized spacial score (nSPS) is 13.2. The molecule has 4 rings (SSSR count). The molecule has 2 heteroatoms. The van der Waals surface area contributed by atoms with Crippen LogP contribution in [0.25, 0.3) is 5.70 Å². The minimum atomic E-state index is 0.967. The molecule has 0 unspecified atom stereocenters. The number of allylic oxidation sites excluding steroid dienone is 1. The number of nitrogens with one attached hydrogen (secondary N) is 1. The Balaban J connectivity index is 1.92. The zero-order chi connectivity index (χ0) is 17.2. The van der Waals surface area contributed by atoms with Crippen LogP contribution in [-0.4, -0.2) is 5.71 Å². The quantitative estimate of drug-likeness (QED) is 0.624. The van der Waals surface area contributed by atoms with Crippen LogP contribution in [0.1, 0.15) is 22.3 Å². The molecule has 3 aromatic rings. The molecule has 25 heavy (non-hydrogen) atoms.